The second-order valence-electron chi connectivity index (χ2n) is 7.27. The lowest BCUT2D eigenvalue weighted by atomic mass is 10.2. The van der Waals surface area contributed by atoms with Crippen LogP contribution in [0.5, 0.6) is 5.75 Å². The fourth-order valence-corrected chi connectivity index (χ4v) is 3.12. The summed E-state index contributed by atoms with van der Waals surface area (Å²) in [5, 5.41) is 14.4. The van der Waals surface area contributed by atoms with Gasteiger partial charge in [-0.1, -0.05) is 6.07 Å². The molecule has 1 N–H and O–H groups in total. The van der Waals surface area contributed by atoms with Gasteiger partial charge in [0, 0.05) is 18.3 Å². The minimum atomic E-state index is -2.96. The van der Waals surface area contributed by atoms with Gasteiger partial charge in [0.2, 0.25) is 0 Å². The lowest BCUT2D eigenvalue weighted by molar-refractivity contribution is 0.101. The number of hydrogen-bond acceptors (Lipinski definition) is 7. The van der Waals surface area contributed by atoms with Gasteiger partial charge in [0.05, 0.1) is 30.8 Å². The molecule has 0 spiro atoms. The van der Waals surface area contributed by atoms with E-state index in [0.717, 1.165) is 4.68 Å². The number of pyridine rings is 2. The van der Waals surface area contributed by atoms with Gasteiger partial charge < -0.3 is 14.6 Å². The van der Waals surface area contributed by atoms with Gasteiger partial charge in [-0.05, 0) is 26.0 Å². The Morgan fingerprint density at radius 1 is 1.21 bits per heavy atom. The molecule has 1 amide bonds. The number of halogens is 2. The van der Waals surface area contributed by atoms with E-state index in [0.29, 0.717) is 23.0 Å². The summed E-state index contributed by atoms with van der Waals surface area (Å²) in [4.78, 5) is 21.2. The van der Waals surface area contributed by atoms with Crippen molar-refractivity contribution < 1.29 is 18.3 Å². The van der Waals surface area contributed by atoms with Crippen LogP contribution in [0.1, 0.15) is 42.4 Å². The standard InChI is InChI=1S/C21H20F2N8O2/c1-12(2)30-11-25-28-20(30)16-5-4-6-17(26-16)27-21(32)15-10-31(29-18(15)19(22)23)13-7-14(33-3)9-24-8-13/h4-12,19H,1-3H3,(H,26,27,32). The van der Waals surface area contributed by atoms with Crippen molar-refractivity contribution in [2.75, 3.05) is 12.4 Å². The Balaban J connectivity index is 1.64. The van der Waals surface area contributed by atoms with Crippen LogP contribution in [0.2, 0.25) is 0 Å². The molecule has 0 aliphatic heterocycles. The fourth-order valence-electron chi connectivity index (χ4n) is 3.12. The third-order valence-electron chi connectivity index (χ3n) is 4.74. The van der Waals surface area contributed by atoms with E-state index in [4.69, 9.17) is 4.74 Å². The van der Waals surface area contributed by atoms with Gasteiger partial charge in [-0.25, -0.2) is 18.4 Å². The molecule has 10 nitrogen and oxygen atoms in total. The van der Waals surface area contributed by atoms with Crippen LogP contribution in [0, 0.1) is 0 Å². The maximum absolute atomic E-state index is 13.6. The zero-order valence-corrected chi connectivity index (χ0v) is 18.0. The van der Waals surface area contributed by atoms with Crippen molar-refractivity contribution in [1.29, 1.82) is 0 Å². The van der Waals surface area contributed by atoms with Crippen LogP contribution in [0.25, 0.3) is 17.2 Å². The topological polar surface area (TPSA) is 113 Å². The summed E-state index contributed by atoms with van der Waals surface area (Å²) >= 11 is 0. The summed E-state index contributed by atoms with van der Waals surface area (Å²) in [6.07, 6.45) is 2.72. The van der Waals surface area contributed by atoms with Gasteiger partial charge in [0.25, 0.3) is 12.3 Å². The molecule has 4 aromatic rings. The van der Waals surface area contributed by atoms with E-state index < -0.39 is 18.0 Å². The van der Waals surface area contributed by atoms with Crippen LogP contribution in [-0.2, 0) is 0 Å². The normalized spacial score (nSPS) is 11.2. The summed E-state index contributed by atoms with van der Waals surface area (Å²) in [6.45, 7) is 3.94. The molecule has 0 atom stereocenters. The number of hydrogen-bond donors (Lipinski definition) is 1. The smallest absolute Gasteiger partial charge is 0.282 e. The number of anilines is 1. The van der Waals surface area contributed by atoms with Gasteiger partial charge in [-0.2, -0.15) is 5.10 Å². The van der Waals surface area contributed by atoms with E-state index in [2.05, 4.69) is 30.6 Å². The van der Waals surface area contributed by atoms with Gasteiger partial charge in [0.1, 0.15) is 29.3 Å². The number of ether oxygens (including phenoxy) is 1. The third kappa shape index (κ3) is 4.54. The quantitative estimate of drug-likeness (QED) is 0.453. The molecule has 0 aliphatic carbocycles. The van der Waals surface area contributed by atoms with E-state index in [9.17, 15) is 13.6 Å². The first-order valence-corrected chi connectivity index (χ1v) is 9.92. The van der Waals surface area contributed by atoms with Gasteiger partial charge >= 0.3 is 0 Å². The van der Waals surface area contributed by atoms with E-state index in [1.54, 1.807) is 30.6 Å². The molecule has 12 heteroatoms. The Bertz CT molecular complexity index is 1280. The number of amides is 1. The number of methoxy groups -OCH3 is 1. The summed E-state index contributed by atoms with van der Waals surface area (Å²) in [5.41, 5.74) is -0.105. The zero-order valence-electron chi connectivity index (χ0n) is 18.0. The SMILES string of the molecule is COc1cncc(-n2cc(C(=O)Nc3cccc(-c4nncn4C(C)C)n3)c(C(F)F)n2)c1. The minimum Gasteiger partial charge on any atom is -0.495 e. The highest BCUT2D eigenvalue weighted by atomic mass is 19.3. The van der Waals surface area contributed by atoms with E-state index >= 15 is 0 Å². The van der Waals surface area contributed by atoms with Crippen molar-refractivity contribution in [1.82, 2.24) is 34.5 Å². The van der Waals surface area contributed by atoms with Crippen molar-refractivity contribution >= 4 is 11.7 Å². The van der Waals surface area contributed by atoms with Crippen LogP contribution >= 0.6 is 0 Å². The molecule has 33 heavy (non-hydrogen) atoms. The number of rotatable bonds is 7. The Labute approximate surface area is 187 Å². The van der Waals surface area contributed by atoms with Crippen molar-refractivity contribution in [2.24, 2.45) is 0 Å². The number of carbonyl (C=O) groups is 1. The second kappa shape index (κ2) is 9.10. The average molecular weight is 454 g/mol. The number of carbonyl (C=O) groups excluding carboxylic acids is 1. The number of aromatic nitrogens is 7. The molecule has 0 aliphatic rings. The minimum absolute atomic E-state index is 0.0978. The molecule has 0 unspecified atom stereocenters. The number of nitrogens with one attached hydrogen (secondary N) is 1. The lowest BCUT2D eigenvalue weighted by Gasteiger charge is -2.10. The molecule has 0 saturated heterocycles. The maximum atomic E-state index is 13.6. The first kappa shape index (κ1) is 22.0. The van der Waals surface area contributed by atoms with E-state index in [1.807, 2.05) is 18.4 Å². The molecule has 4 aromatic heterocycles. The Kier molecular flexibility index (Phi) is 6.07. The van der Waals surface area contributed by atoms with Crippen molar-refractivity contribution in [3.8, 4) is 23.0 Å². The summed E-state index contributed by atoms with van der Waals surface area (Å²) < 4.78 is 35.4. The summed E-state index contributed by atoms with van der Waals surface area (Å²) in [7, 11) is 1.46. The Morgan fingerprint density at radius 2 is 2.03 bits per heavy atom. The van der Waals surface area contributed by atoms with E-state index in [1.165, 1.54) is 25.7 Å². The molecule has 4 rings (SSSR count). The van der Waals surface area contributed by atoms with E-state index in [-0.39, 0.29) is 17.4 Å². The molecular weight excluding hydrogens is 434 g/mol. The highest BCUT2D eigenvalue weighted by Gasteiger charge is 2.24. The third-order valence-corrected chi connectivity index (χ3v) is 4.74. The lowest BCUT2D eigenvalue weighted by Crippen LogP contribution is -2.15. The van der Waals surface area contributed by atoms with Gasteiger partial charge in [-0.15, -0.1) is 10.2 Å². The Hall–Kier alpha value is -4.22. The first-order valence-electron chi connectivity index (χ1n) is 9.92. The van der Waals surface area contributed by atoms with Crippen molar-refractivity contribution in [2.45, 2.75) is 26.3 Å². The fraction of sp³-hybridized carbons (Fsp3) is 0.238. The largest absolute Gasteiger partial charge is 0.495 e. The summed E-state index contributed by atoms with van der Waals surface area (Å²) in [6, 6.07) is 6.61. The molecule has 0 bridgehead atoms. The molecule has 0 fully saturated rings. The van der Waals surface area contributed by atoms with Crippen LogP contribution in [-0.4, -0.2) is 47.5 Å². The summed E-state index contributed by atoms with van der Waals surface area (Å²) in [5.74, 6) is 0.338. The van der Waals surface area contributed by atoms with Crippen molar-refractivity contribution in [3.63, 3.8) is 0 Å². The Morgan fingerprint density at radius 3 is 2.76 bits per heavy atom. The van der Waals surface area contributed by atoms with Crippen LogP contribution in [0.4, 0.5) is 14.6 Å². The number of alkyl halides is 2. The van der Waals surface area contributed by atoms with Crippen LogP contribution in [0.15, 0.2) is 49.2 Å². The molecule has 0 aromatic carbocycles. The molecule has 170 valence electrons. The molecule has 0 radical (unpaired) electrons. The van der Waals surface area contributed by atoms with Crippen LogP contribution in [0.3, 0.4) is 0 Å². The molecule has 4 heterocycles. The monoisotopic (exact) mass is 454 g/mol. The zero-order chi connectivity index (χ0) is 23.5. The average Bonchev–Trinajstić information content (AvgIpc) is 3.47. The molecule has 0 saturated carbocycles. The second-order valence-corrected chi connectivity index (χ2v) is 7.27. The van der Waals surface area contributed by atoms with Crippen LogP contribution < -0.4 is 10.1 Å². The predicted octanol–water partition coefficient (Wildman–Crippen LogP) is 3.70. The number of nitrogens with zero attached hydrogens (tertiary/aromatic N) is 7. The van der Waals surface area contributed by atoms with Crippen molar-refractivity contribution in [3.05, 3.63) is 60.4 Å². The first-order chi connectivity index (χ1) is 15.9. The predicted molar refractivity (Wildman–Crippen MR) is 114 cm³/mol. The highest BCUT2D eigenvalue weighted by Crippen LogP contribution is 2.25. The maximum Gasteiger partial charge on any atom is 0.282 e. The van der Waals surface area contributed by atoms with Gasteiger partial charge in [0.15, 0.2) is 5.82 Å². The van der Waals surface area contributed by atoms with Gasteiger partial charge in [-0.3, -0.25) is 9.78 Å². The highest BCUT2D eigenvalue weighted by molar-refractivity contribution is 6.04. The molecular formula is C21H20F2N8O2.